The summed E-state index contributed by atoms with van der Waals surface area (Å²) in [4.78, 5) is 24.1. The quantitative estimate of drug-likeness (QED) is 0.622. The van der Waals surface area contributed by atoms with Crippen molar-refractivity contribution in [3.63, 3.8) is 0 Å². The molecule has 3 aromatic rings. The summed E-state index contributed by atoms with van der Waals surface area (Å²) in [7, 11) is 2.15. The van der Waals surface area contributed by atoms with E-state index >= 15 is 0 Å². The number of aromatic nitrogens is 3. The molecule has 1 amide bonds. The molecule has 9 heteroatoms. The van der Waals surface area contributed by atoms with Crippen LogP contribution in [0.25, 0.3) is 22.6 Å². The van der Waals surface area contributed by atoms with Crippen LogP contribution < -0.4 is 5.32 Å². The van der Waals surface area contributed by atoms with E-state index in [0.29, 0.717) is 23.3 Å². The van der Waals surface area contributed by atoms with E-state index in [1.54, 1.807) is 6.20 Å². The minimum absolute atomic E-state index is 0. The summed E-state index contributed by atoms with van der Waals surface area (Å²) in [6, 6.07) is 11.8. The van der Waals surface area contributed by atoms with Gasteiger partial charge in [-0.05, 0) is 69.3 Å². The number of nitrogens with one attached hydrogen (secondary N) is 1. The lowest BCUT2D eigenvalue weighted by atomic mass is 10.1. The molecule has 0 radical (unpaired) electrons. The zero-order valence-corrected chi connectivity index (χ0v) is 18.4. The van der Waals surface area contributed by atoms with Crippen LogP contribution in [-0.2, 0) is 11.3 Å². The number of benzene rings is 1. The Morgan fingerprint density at radius 3 is 2.73 bits per heavy atom. The minimum atomic E-state index is -0.0270. The number of likely N-dealkylation sites (tertiary alicyclic amines) is 1. The summed E-state index contributed by atoms with van der Waals surface area (Å²) in [6.45, 7) is 2.02. The molecule has 1 aliphatic heterocycles. The van der Waals surface area contributed by atoms with Gasteiger partial charge in [0.25, 0.3) is 0 Å². The number of halogens is 2. The van der Waals surface area contributed by atoms with Gasteiger partial charge in [-0.3, -0.25) is 9.36 Å². The third-order valence-corrected chi connectivity index (χ3v) is 5.63. The first-order chi connectivity index (χ1) is 13.6. The SMILES string of the molecule is CN1CCCC1CCNC(=O)Cn1c(-c2ccc(Cl)cc2)nc2cccnc21.Cl.O. The summed E-state index contributed by atoms with van der Waals surface area (Å²) >= 11 is 6.02. The van der Waals surface area contributed by atoms with Gasteiger partial charge in [-0.1, -0.05) is 11.6 Å². The van der Waals surface area contributed by atoms with Crippen molar-refractivity contribution < 1.29 is 10.3 Å². The Hall–Kier alpha value is -2.19. The number of pyridine rings is 1. The van der Waals surface area contributed by atoms with Crippen LogP contribution in [0.2, 0.25) is 5.02 Å². The van der Waals surface area contributed by atoms with Crippen LogP contribution in [0.4, 0.5) is 0 Å². The lowest BCUT2D eigenvalue weighted by Gasteiger charge is -2.19. The van der Waals surface area contributed by atoms with Gasteiger partial charge in [0.05, 0.1) is 0 Å². The highest BCUT2D eigenvalue weighted by molar-refractivity contribution is 6.30. The normalized spacial score (nSPS) is 16.1. The number of hydrogen-bond acceptors (Lipinski definition) is 4. The second-order valence-electron chi connectivity index (χ2n) is 7.29. The maximum absolute atomic E-state index is 12.6. The van der Waals surface area contributed by atoms with Gasteiger partial charge in [-0.15, -0.1) is 12.4 Å². The van der Waals surface area contributed by atoms with Crippen LogP contribution in [0.15, 0.2) is 42.6 Å². The van der Waals surface area contributed by atoms with Gasteiger partial charge in [0.1, 0.15) is 17.9 Å². The molecule has 4 rings (SSSR count). The van der Waals surface area contributed by atoms with Crippen molar-refractivity contribution in [2.24, 2.45) is 0 Å². The molecule has 0 bridgehead atoms. The van der Waals surface area contributed by atoms with Crippen molar-refractivity contribution >= 4 is 41.1 Å². The standard InChI is InChI=1S/C21H24ClN5O.ClH.H2O/c1-26-13-3-4-17(26)10-12-23-19(28)14-27-20(15-6-8-16(22)9-7-15)25-18-5-2-11-24-21(18)27;;/h2,5-9,11,17H,3-4,10,12-14H2,1H3,(H,23,28);1H;1H2. The van der Waals surface area contributed by atoms with E-state index in [2.05, 4.69) is 27.2 Å². The first-order valence-electron chi connectivity index (χ1n) is 9.66. The fourth-order valence-corrected chi connectivity index (χ4v) is 3.98. The van der Waals surface area contributed by atoms with Gasteiger partial charge in [-0.2, -0.15) is 0 Å². The third-order valence-electron chi connectivity index (χ3n) is 5.38. The molecule has 1 unspecified atom stereocenters. The number of nitrogens with zero attached hydrogens (tertiary/aromatic N) is 4. The van der Waals surface area contributed by atoms with Crippen LogP contribution in [0, 0.1) is 0 Å². The number of carbonyl (C=O) groups excluding carboxylic acids is 1. The molecule has 3 N–H and O–H groups in total. The smallest absolute Gasteiger partial charge is 0.240 e. The molecule has 0 aliphatic carbocycles. The predicted octanol–water partition coefficient (Wildman–Crippen LogP) is 2.95. The van der Waals surface area contributed by atoms with Crippen LogP contribution >= 0.6 is 24.0 Å². The Balaban J connectivity index is 0.00000160. The van der Waals surface area contributed by atoms with E-state index < -0.39 is 0 Å². The maximum Gasteiger partial charge on any atom is 0.240 e. The Bertz CT molecular complexity index is 977. The first kappa shape index (κ1) is 24.1. The van der Waals surface area contributed by atoms with Crippen molar-refractivity contribution in [2.75, 3.05) is 20.1 Å². The van der Waals surface area contributed by atoms with E-state index in [9.17, 15) is 4.79 Å². The van der Waals surface area contributed by atoms with Crippen molar-refractivity contribution in [3.8, 4) is 11.4 Å². The van der Waals surface area contributed by atoms with Gasteiger partial charge in [-0.25, -0.2) is 9.97 Å². The van der Waals surface area contributed by atoms with Gasteiger partial charge >= 0.3 is 0 Å². The number of rotatable bonds is 6. The van der Waals surface area contributed by atoms with E-state index in [-0.39, 0.29) is 30.3 Å². The highest BCUT2D eigenvalue weighted by atomic mass is 35.5. The van der Waals surface area contributed by atoms with Crippen LogP contribution in [0.5, 0.6) is 0 Å². The van der Waals surface area contributed by atoms with Gasteiger partial charge in [0, 0.05) is 29.4 Å². The lowest BCUT2D eigenvalue weighted by molar-refractivity contribution is -0.121. The number of hydrogen-bond donors (Lipinski definition) is 1. The maximum atomic E-state index is 12.6. The monoisotopic (exact) mass is 451 g/mol. The molecule has 1 fully saturated rings. The molecule has 1 aromatic carbocycles. The Morgan fingerprint density at radius 1 is 1.27 bits per heavy atom. The number of carbonyl (C=O) groups is 1. The highest BCUT2D eigenvalue weighted by Gasteiger charge is 2.21. The molecule has 1 saturated heterocycles. The molecule has 30 heavy (non-hydrogen) atoms. The third kappa shape index (κ3) is 5.29. The fraction of sp³-hybridized carbons (Fsp3) is 0.381. The summed E-state index contributed by atoms with van der Waals surface area (Å²) in [5.74, 6) is 0.692. The molecule has 162 valence electrons. The van der Waals surface area contributed by atoms with E-state index in [0.717, 1.165) is 29.9 Å². The Kier molecular flexibility index (Phi) is 8.61. The molecule has 1 atom stereocenters. The first-order valence-corrected chi connectivity index (χ1v) is 10.0. The zero-order chi connectivity index (χ0) is 19.5. The zero-order valence-electron chi connectivity index (χ0n) is 16.8. The average Bonchev–Trinajstić information content (AvgIpc) is 3.26. The molecule has 2 aromatic heterocycles. The van der Waals surface area contributed by atoms with Crippen molar-refractivity contribution in [1.29, 1.82) is 0 Å². The number of imidazole rings is 1. The molecule has 0 saturated carbocycles. The van der Waals surface area contributed by atoms with Crippen molar-refractivity contribution in [3.05, 3.63) is 47.6 Å². The molecule has 7 nitrogen and oxygen atoms in total. The van der Waals surface area contributed by atoms with E-state index in [1.807, 2.05) is 41.0 Å². The van der Waals surface area contributed by atoms with Gasteiger partial charge in [0.2, 0.25) is 5.91 Å². The van der Waals surface area contributed by atoms with Gasteiger partial charge in [0.15, 0.2) is 5.65 Å². The summed E-state index contributed by atoms with van der Waals surface area (Å²) in [6.07, 6.45) is 5.16. The van der Waals surface area contributed by atoms with Crippen LogP contribution in [0.3, 0.4) is 0 Å². The average molecular weight is 452 g/mol. The van der Waals surface area contributed by atoms with Crippen molar-refractivity contribution in [1.82, 2.24) is 24.8 Å². The largest absolute Gasteiger partial charge is 0.412 e. The van der Waals surface area contributed by atoms with Crippen LogP contribution in [0.1, 0.15) is 19.3 Å². The van der Waals surface area contributed by atoms with Crippen LogP contribution in [-0.4, -0.2) is 57.0 Å². The summed E-state index contributed by atoms with van der Waals surface area (Å²) < 4.78 is 1.87. The highest BCUT2D eigenvalue weighted by Crippen LogP contribution is 2.25. The molecule has 3 heterocycles. The second-order valence-corrected chi connectivity index (χ2v) is 7.73. The topological polar surface area (TPSA) is 94.6 Å². The Morgan fingerprint density at radius 2 is 2.03 bits per heavy atom. The van der Waals surface area contributed by atoms with Gasteiger partial charge < -0.3 is 15.7 Å². The van der Waals surface area contributed by atoms with E-state index in [1.165, 1.54) is 12.8 Å². The molecular formula is C21H27Cl2N5O2. The fourth-order valence-electron chi connectivity index (χ4n) is 3.85. The molecular weight excluding hydrogens is 425 g/mol. The molecule has 0 spiro atoms. The predicted molar refractivity (Wildman–Crippen MR) is 122 cm³/mol. The summed E-state index contributed by atoms with van der Waals surface area (Å²) in [5, 5.41) is 3.72. The molecule has 1 aliphatic rings. The number of amides is 1. The second kappa shape index (κ2) is 10.7. The lowest BCUT2D eigenvalue weighted by Crippen LogP contribution is -2.33. The minimum Gasteiger partial charge on any atom is -0.412 e. The van der Waals surface area contributed by atoms with Crippen molar-refractivity contribution in [2.45, 2.75) is 31.8 Å². The number of fused-ring (bicyclic) bond motifs is 1. The summed E-state index contributed by atoms with van der Waals surface area (Å²) in [5.41, 5.74) is 2.38. The Labute approximate surface area is 187 Å². The van der Waals surface area contributed by atoms with E-state index in [4.69, 9.17) is 11.6 Å².